The van der Waals surface area contributed by atoms with Gasteiger partial charge in [-0.05, 0) is 25.0 Å². The zero-order valence-corrected chi connectivity index (χ0v) is 12.6. The molecular weight excluding hydrogens is 282 g/mol. The maximum absolute atomic E-state index is 12.6. The number of nitrogens with zero attached hydrogens (tertiary/aromatic N) is 3. The lowest BCUT2D eigenvalue weighted by molar-refractivity contribution is -0.141. The molecule has 2 aliphatic rings. The topological polar surface area (TPSA) is 62.7 Å². The third-order valence-electron chi connectivity index (χ3n) is 4.29. The van der Waals surface area contributed by atoms with E-state index in [0.717, 1.165) is 12.8 Å². The average molecular weight is 303 g/mol. The van der Waals surface area contributed by atoms with Crippen LogP contribution in [0.2, 0.25) is 0 Å². The van der Waals surface area contributed by atoms with Gasteiger partial charge in [-0.2, -0.15) is 0 Å². The molecule has 0 aromatic carbocycles. The first-order valence-electron chi connectivity index (χ1n) is 7.81. The Hall–Kier alpha value is -1.95. The predicted molar refractivity (Wildman–Crippen MR) is 80.3 cm³/mol. The van der Waals surface area contributed by atoms with Gasteiger partial charge in [-0.3, -0.25) is 14.6 Å². The lowest BCUT2D eigenvalue weighted by Crippen LogP contribution is -2.49. The highest BCUT2D eigenvalue weighted by Crippen LogP contribution is 2.21. The number of rotatable bonds is 2. The Balaban J connectivity index is 1.63. The lowest BCUT2D eigenvalue weighted by atomic mass is 9.95. The number of hydrogen-bond acceptors (Lipinski definition) is 4. The smallest absolute Gasteiger partial charge is 0.255 e. The second-order valence-electron chi connectivity index (χ2n) is 5.77. The van der Waals surface area contributed by atoms with E-state index in [2.05, 4.69) is 4.98 Å². The number of hydrogen-bond donors (Lipinski definition) is 0. The summed E-state index contributed by atoms with van der Waals surface area (Å²) in [4.78, 5) is 32.7. The van der Waals surface area contributed by atoms with Crippen LogP contribution in [0.1, 0.15) is 23.2 Å². The highest BCUT2D eigenvalue weighted by Gasteiger charge is 2.32. The Morgan fingerprint density at radius 1 is 1.18 bits per heavy atom. The summed E-state index contributed by atoms with van der Waals surface area (Å²) in [7, 11) is 0. The number of piperidine rings is 1. The van der Waals surface area contributed by atoms with E-state index in [9.17, 15) is 9.59 Å². The van der Waals surface area contributed by atoms with Crippen molar-refractivity contribution in [2.45, 2.75) is 12.8 Å². The highest BCUT2D eigenvalue weighted by atomic mass is 16.5. The Labute approximate surface area is 130 Å². The van der Waals surface area contributed by atoms with Gasteiger partial charge in [0.2, 0.25) is 5.91 Å². The zero-order chi connectivity index (χ0) is 15.4. The number of aromatic nitrogens is 1. The van der Waals surface area contributed by atoms with Crippen LogP contribution in [0.5, 0.6) is 0 Å². The van der Waals surface area contributed by atoms with Gasteiger partial charge in [0.1, 0.15) is 0 Å². The van der Waals surface area contributed by atoms with E-state index in [4.69, 9.17) is 4.74 Å². The fourth-order valence-electron chi connectivity index (χ4n) is 3.08. The maximum atomic E-state index is 12.6. The maximum Gasteiger partial charge on any atom is 0.255 e. The summed E-state index contributed by atoms with van der Waals surface area (Å²) in [5, 5.41) is 0. The molecule has 3 rings (SSSR count). The molecule has 1 atom stereocenters. The van der Waals surface area contributed by atoms with Gasteiger partial charge >= 0.3 is 0 Å². The molecule has 1 aromatic heterocycles. The third kappa shape index (κ3) is 3.27. The summed E-state index contributed by atoms with van der Waals surface area (Å²) >= 11 is 0. The summed E-state index contributed by atoms with van der Waals surface area (Å²) in [6.45, 7) is 3.75. The number of likely N-dealkylation sites (tertiary alicyclic amines) is 1. The van der Waals surface area contributed by atoms with Crippen molar-refractivity contribution in [3.63, 3.8) is 0 Å². The molecule has 22 heavy (non-hydrogen) atoms. The summed E-state index contributed by atoms with van der Waals surface area (Å²) in [5.41, 5.74) is 0.585. The van der Waals surface area contributed by atoms with Gasteiger partial charge in [0.05, 0.1) is 24.7 Å². The highest BCUT2D eigenvalue weighted by molar-refractivity contribution is 5.94. The number of carbonyl (C=O) groups excluding carboxylic acids is 2. The summed E-state index contributed by atoms with van der Waals surface area (Å²) in [5.74, 6) is 0.0343. The zero-order valence-electron chi connectivity index (χ0n) is 12.6. The van der Waals surface area contributed by atoms with Crippen molar-refractivity contribution in [1.29, 1.82) is 0 Å². The molecule has 0 spiro atoms. The van der Waals surface area contributed by atoms with Crippen molar-refractivity contribution < 1.29 is 14.3 Å². The van der Waals surface area contributed by atoms with Crippen LogP contribution < -0.4 is 0 Å². The van der Waals surface area contributed by atoms with Crippen molar-refractivity contribution in [2.24, 2.45) is 5.92 Å². The second-order valence-corrected chi connectivity index (χ2v) is 5.77. The van der Waals surface area contributed by atoms with Crippen LogP contribution in [-0.4, -0.2) is 66.0 Å². The Morgan fingerprint density at radius 3 is 2.73 bits per heavy atom. The minimum absolute atomic E-state index is 0.0347. The van der Waals surface area contributed by atoms with Crippen LogP contribution in [0.3, 0.4) is 0 Å². The Bertz CT molecular complexity index is 529. The Morgan fingerprint density at radius 2 is 2.00 bits per heavy atom. The van der Waals surface area contributed by atoms with E-state index in [1.807, 2.05) is 4.90 Å². The van der Waals surface area contributed by atoms with Crippen molar-refractivity contribution in [2.75, 3.05) is 39.4 Å². The molecule has 6 heteroatoms. The molecule has 1 aromatic rings. The number of ether oxygens (including phenoxy) is 1. The van der Waals surface area contributed by atoms with Crippen LogP contribution in [-0.2, 0) is 9.53 Å². The van der Waals surface area contributed by atoms with Gasteiger partial charge in [0, 0.05) is 38.6 Å². The molecule has 2 aliphatic heterocycles. The van der Waals surface area contributed by atoms with E-state index in [-0.39, 0.29) is 17.7 Å². The first-order chi connectivity index (χ1) is 10.8. The van der Waals surface area contributed by atoms with Gasteiger partial charge in [0.15, 0.2) is 0 Å². The molecule has 0 N–H and O–H groups in total. The molecular formula is C16H21N3O3. The van der Waals surface area contributed by atoms with Crippen LogP contribution in [0.15, 0.2) is 24.5 Å². The molecule has 6 nitrogen and oxygen atoms in total. The number of morpholine rings is 1. The van der Waals surface area contributed by atoms with E-state index in [1.54, 1.807) is 29.4 Å². The van der Waals surface area contributed by atoms with Crippen LogP contribution >= 0.6 is 0 Å². The quantitative estimate of drug-likeness (QED) is 0.810. The molecule has 0 bridgehead atoms. The standard InChI is InChI=1S/C16H21N3O3/c20-15(13-3-1-5-17-11-13)19-6-2-4-14(12-19)16(21)18-7-9-22-10-8-18/h1,3,5,11,14H,2,4,6-10,12H2. The van der Waals surface area contributed by atoms with Gasteiger partial charge in [-0.25, -0.2) is 0 Å². The van der Waals surface area contributed by atoms with Gasteiger partial charge in [-0.1, -0.05) is 0 Å². The van der Waals surface area contributed by atoms with E-state index in [1.165, 1.54) is 0 Å². The molecule has 2 saturated heterocycles. The van der Waals surface area contributed by atoms with Gasteiger partial charge in [0.25, 0.3) is 5.91 Å². The summed E-state index contributed by atoms with van der Waals surface area (Å²) < 4.78 is 5.29. The lowest BCUT2D eigenvalue weighted by Gasteiger charge is -2.36. The van der Waals surface area contributed by atoms with Crippen molar-refractivity contribution in [3.05, 3.63) is 30.1 Å². The van der Waals surface area contributed by atoms with E-state index < -0.39 is 0 Å². The Kier molecular flexibility index (Phi) is 4.68. The van der Waals surface area contributed by atoms with Crippen molar-refractivity contribution >= 4 is 11.8 Å². The van der Waals surface area contributed by atoms with Gasteiger partial charge < -0.3 is 14.5 Å². The summed E-state index contributed by atoms with van der Waals surface area (Å²) in [6.07, 6.45) is 4.95. The van der Waals surface area contributed by atoms with Crippen molar-refractivity contribution in [1.82, 2.24) is 14.8 Å². The molecule has 2 amide bonds. The molecule has 118 valence electrons. The second kappa shape index (κ2) is 6.87. The van der Waals surface area contributed by atoms with Crippen molar-refractivity contribution in [3.8, 4) is 0 Å². The normalized spacial score (nSPS) is 22.5. The number of pyridine rings is 1. The molecule has 2 fully saturated rings. The van der Waals surface area contributed by atoms with Crippen LogP contribution in [0.4, 0.5) is 0 Å². The fourth-order valence-corrected chi connectivity index (χ4v) is 3.08. The number of amides is 2. The SMILES string of the molecule is O=C(c1cccnc1)N1CCCC(C(=O)N2CCOCC2)C1. The number of carbonyl (C=O) groups is 2. The third-order valence-corrected chi connectivity index (χ3v) is 4.29. The average Bonchev–Trinajstić information content (AvgIpc) is 2.62. The molecule has 0 aliphatic carbocycles. The summed E-state index contributed by atoms with van der Waals surface area (Å²) in [6, 6.07) is 3.52. The molecule has 0 saturated carbocycles. The van der Waals surface area contributed by atoms with E-state index >= 15 is 0 Å². The first-order valence-corrected chi connectivity index (χ1v) is 7.81. The molecule has 3 heterocycles. The van der Waals surface area contributed by atoms with Crippen LogP contribution in [0.25, 0.3) is 0 Å². The minimum atomic E-state index is -0.0903. The minimum Gasteiger partial charge on any atom is -0.378 e. The fraction of sp³-hybridized carbons (Fsp3) is 0.562. The predicted octanol–water partition coefficient (Wildman–Crippen LogP) is 0.793. The largest absolute Gasteiger partial charge is 0.378 e. The monoisotopic (exact) mass is 303 g/mol. The first kappa shape index (κ1) is 15.0. The van der Waals surface area contributed by atoms with Gasteiger partial charge in [-0.15, -0.1) is 0 Å². The molecule has 0 radical (unpaired) electrons. The van der Waals surface area contributed by atoms with E-state index in [0.29, 0.717) is 45.0 Å². The molecule has 1 unspecified atom stereocenters. The van der Waals surface area contributed by atoms with Crippen LogP contribution in [0, 0.1) is 5.92 Å².